The molecular weight excluding hydrogens is 300 g/mol. The summed E-state index contributed by atoms with van der Waals surface area (Å²) >= 11 is 0. The van der Waals surface area contributed by atoms with Gasteiger partial charge in [0.15, 0.2) is 5.84 Å². The van der Waals surface area contributed by atoms with Crippen molar-refractivity contribution in [1.29, 1.82) is 0 Å². The van der Waals surface area contributed by atoms with Crippen molar-refractivity contribution in [2.75, 3.05) is 20.1 Å². The zero-order valence-corrected chi connectivity index (χ0v) is 13.9. The Morgan fingerprint density at radius 2 is 2.22 bits per heavy atom. The summed E-state index contributed by atoms with van der Waals surface area (Å²) in [4.78, 5) is 15.6. The van der Waals surface area contributed by atoms with E-state index < -0.39 is 11.6 Å². The maximum Gasteiger partial charge on any atom is 0.410 e. The van der Waals surface area contributed by atoms with Gasteiger partial charge in [0.05, 0.1) is 12.3 Å². The van der Waals surface area contributed by atoms with Crippen LogP contribution in [0, 0.1) is 0 Å². The first-order valence-corrected chi connectivity index (χ1v) is 7.43. The standard InChI is InChI=1S/C15H24N4O4/c1-15(2,3)23-14(20)18(4)10-8-19(9-10)12(13(16)17-21)11-6-5-7-22-11/h5-7,10,12,21H,8-9H2,1-4H3,(H2,16,17)/t12-/m0/s1. The Hall–Kier alpha value is -2.22. The number of carbonyl (C=O) groups excluding carboxylic acids is 1. The van der Waals surface area contributed by atoms with Gasteiger partial charge in [-0.1, -0.05) is 5.16 Å². The first-order chi connectivity index (χ1) is 10.7. The van der Waals surface area contributed by atoms with E-state index in [4.69, 9.17) is 20.1 Å². The van der Waals surface area contributed by atoms with Gasteiger partial charge in [0.25, 0.3) is 0 Å². The number of amidine groups is 1. The molecule has 23 heavy (non-hydrogen) atoms. The highest BCUT2D eigenvalue weighted by Crippen LogP contribution is 2.28. The molecule has 2 heterocycles. The van der Waals surface area contributed by atoms with Gasteiger partial charge in [-0.3, -0.25) is 4.90 Å². The highest BCUT2D eigenvalue weighted by Gasteiger charge is 2.40. The highest BCUT2D eigenvalue weighted by molar-refractivity contribution is 5.86. The van der Waals surface area contributed by atoms with E-state index in [0.29, 0.717) is 18.8 Å². The number of carbonyl (C=O) groups is 1. The van der Waals surface area contributed by atoms with Crippen LogP contribution in [0.4, 0.5) is 4.79 Å². The fraction of sp³-hybridized carbons (Fsp3) is 0.600. The monoisotopic (exact) mass is 324 g/mol. The molecular formula is C15H24N4O4. The number of nitrogens with zero attached hydrogens (tertiary/aromatic N) is 3. The summed E-state index contributed by atoms with van der Waals surface area (Å²) < 4.78 is 10.7. The largest absolute Gasteiger partial charge is 0.467 e. The van der Waals surface area contributed by atoms with Crippen LogP contribution in [0.1, 0.15) is 32.6 Å². The molecule has 3 N–H and O–H groups in total. The first kappa shape index (κ1) is 17.1. The molecule has 0 bridgehead atoms. The molecule has 0 saturated carbocycles. The number of nitrogens with two attached hydrogens (primary N) is 1. The van der Waals surface area contributed by atoms with Gasteiger partial charge in [-0.05, 0) is 32.9 Å². The summed E-state index contributed by atoms with van der Waals surface area (Å²) in [5, 5.41) is 12.1. The van der Waals surface area contributed by atoms with Crippen molar-refractivity contribution in [3.63, 3.8) is 0 Å². The Labute approximate surface area is 135 Å². The molecule has 0 unspecified atom stereocenters. The van der Waals surface area contributed by atoms with Crippen molar-refractivity contribution in [3.8, 4) is 0 Å². The third-order valence-corrected chi connectivity index (χ3v) is 3.69. The molecule has 0 aliphatic carbocycles. The Balaban J connectivity index is 1.98. The lowest BCUT2D eigenvalue weighted by Gasteiger charge is -2.46. The molecule has 1 aliphatic rings. The normalized spacial score (nSPS) is 18.3. The summed E-state index contributed by atoms with van der Waals surface area (Å²) in [6.07, 6.45) is 1.18. The smallest absolute Gasteiger partial charge is 0.410 e. The quantitative estimate of drug-likeness (QED) is 0.377. The summed E-state index contributed by atoms with van der Waals surface area (Å²) in [6.45, 7) is 6.65. The van der Waals surface area contributed by atoms with Crippen LogP contribution >= 0.6 is 0 Å². The third kappa shape index (κ3) is 3.95. The van der Waals surface area contributed by atoms with Crippen LogP contribution in [0.15, 0.2) is 28.0 Å². The number of ether oxygens (including phenoxy) is 1. The lowest BCUT2D eigenvalue weighted by atomic mass is 10.0. The number of furan rings is 1. The van der Waals surface area contributed by atoms with Gasteiger partial charge >= 0.3 is 6.09 Å². The molecule has 1 aliphatic heterocycles. The zero-order chi connectivity index (χ0) is 17.2. The van der Waals surface area contributed by atoms with Crippen LogP contribution in [0.5, 0.6) is 0 Å². The number of oxime groups is 1. The van der Waals surface area contributed by atoms with Crippen molar-refractivity contribution in [3.05, 3.63) is 24.2 Å². The van der Waals surface area contributed by atoms with E-state index in [1.54, 1.807) is 24.1 Å². The van der Waals surface area contributed by atoms with Crippen molar-refractivity contribution < 1.29 is 19.2 Å². The SMILES string of the molecule is CN(C(=O)OC(C)(C)C)C1CN([C@H](C(N)=NO)c2ccco2)C1. The molecule has 2 rings (SSSR count). The molecule has 1 saturated heterocycles. The number of hydrogen-bond acceptors (Lipinski definition) is 6. The van der Waals surface area contributed by atoms with Crippen LogP contribution in [0.25, 0.3) is 0 Å². The summed E-state index contributed by atoms with van der Waals surface area (Å²) in [5.74, 6) is 0.650. The van der Waals surface area contributed by atoms with Gasteiger partial charge in [0.2, 0.25) is 0 Å². The number of likely N-dealkylation sites (tertiary alicyclic amines) is 1. The molecule has 8 heteroatoms. The third-order valence-electron chi connectivity index (χ3n) is 3.69. The maximum absolute atomic E-state index is 12.1. The van der Waals surface area contributed by atoms with Crippen molar-refractivity contribution in [2.24, 2.45) is 10.9 Å². The zero-order valence-electron chi connectivity index (χ0n) is 13.9. The van der Waals surface area contributed by atoms with E-state index in [1.807, 2.05) is 25.7 Å². The second-order valence-electron chi connectivity index (χ2n) is 6.64. The highest BCUT2D eigenvalue weighted by atomic mass is 16.6. The Morgan fingerprint density at radius 1 is 1.57 bits per heavy atom. The van der Waals surface area contributed by atoms with Gasteiger partial charge in [0, 0.05) is 20.1 Å². The van der Waals surface area contributed by atoms with Gasteiger partial charge in [-0.15, -0.1) is 0 Å². The van der Waals surface area contributed by atoms with Crippen molar-refractivity contribution in [1.82, 2.24) is 9.80 Å². The minimum atomic E-state index is -0.528. The van der Waals surface area contributed by atoms with Crippen LogP contribution in [0.3, 0.4) is 0 Å². The lowest BCUT2D eigenvalue weighted by molar-refractivity contribution is -0.0106. The Bertz CT molecular complexity index is 559. The van der Waals surface area contributed by atoms with E-state index in [9.17, 15) is 4.79 Å². The molecule has 0 aromatic carbocycles. The minimum Gasteiger partial charge on any atom is -0.467 e. The molecule has 128 valence electrons. The van der Waals surface area contributed by atoms with E-state index in [-0.39, 0.29) is 18.0 Å². The number of rotatable bonds is 4. The molecule has 1 aromatic rings. The fourth-order valence-electron chi connectivity index (χ4n) is 2.44. The molecule has 1 aromatic heterocycles. The molecule has 1 fully saturated rings. The van der Waals surface area contributed by atoms with Crippen LogP contribution in [0.2, 0.25) is 0 Å². The molecule has 0 radical (unpaired) electrons. The topological polar surface area (TPSA) is 105 Å². The fourth-order valence-corrected chi connectivity index (χ4v) is 2.44. The van der Waals surface area contributed by atoms with Crippen molar-refractivity contribution in [2.45, 2.75) is 38.5 Å². The summed E-state index contributed by atoms with van der Waals surface area (Å²) in [5.41, 5.74) is 5.25. The van der Waals surface area contributed by atoms with Gasteiger partial charge < -0.3 is 25.0 Å². The Morgan fingerprint density at radius 3 is 2.70 bits per heavy atom. The number of hydrogen-bond donors (Lipinski definition) is 2. The number of likely N-dealkylation sites (N-methyl/N-ethyl adjacent to an activating group) is 1. The second kappa shape index (κ2) is 6.49. The predicted molar refractivity (Wildman–Crippen MR) is 84.2 cm³/mol. The summed E-state index contributed by atoms with van der Waals surface area (Å²) in [6, 6.07) is 3.08. The Kier molecular flexibility index (Phi) is 4.84. The van der Waals surface area contributed by atoms with Crippen LogP contribution in [-0.2, 0) is 4.74 Å². The number of amides is 1. The van der Waals surface area contributed by atoms with Gasteiger partial charge in [0.1, 0.15) is 17.4 Å². The average molecular weight is 324 g/mol. The average Bonchev–Trinajstić information content (AvgIpc) is 2.92. The van der Waals surface area contributed by atoms with Gasteiger partial charge in [-0.25, -0.2) is 4.79 Å². The van der Waals surface area contributed by atoms with Crippen molar-refractivity contribution >= 4 is 11.9 Å². The van der Waals surface area contributed by atoms with Crippen LogP contribution in [-0.4, -0.2) is 58.7 Å². The maximum atomic E-state index is 12.1. The minimum absolute atomic E-state index is 0.00815. The summed E-state index contributed by atoms with van der Waals surface area (Å²) in [7, 11) is 1.71. The first-order valence-electron chi connectivity index (χ1n) is 7.43. The lowest BCUT2D eigenvalue weighted by Crippen LogP contribution is -2.62. The van der Waals surface area contributed by atoms with Crippen LogP contribution < -0.4 is 5.73 Å². The second-order valence-corrected chi connectivity index (χ2v) is 6.64. The molecule has 8 nitrogen and oxygen atoms in total. The van der Waals surface area contributed by atoms with E-state index in [2.05, 4.69) is 5.16 Å². The predicted octanol–water partition coefficient (Wildman–Crippen LogP) is 1.62. The van der Waals surface area contributed by atoms with Gasteiger partial charge in [-0.2, -0.15) is 0 Å². The molecule has 1 atom stereocenters. The van der Waals surface area contributed by atoms with E-state index >= 15 is 0 Å². The molecule has 1 amide bonds. The van der Waals surface area contributed by atoms with E-state index in [0.717, 1.165) is 0 Å². The molecule has 0 spiro atoms. The van der Waals surface area contributed by atoms with E-state index in [1.165, 1.54) is 6.26 Å².